The Bertz CT molecular complexity index is 451. The summed E-state index contributed by atoms with van der Waals surface area (Å²) in [5, 5.41) is 3.24. The lowest BCUT2D eigenvalue weighted by atomic mass is 10.2. The van der Waals surface area contributed by atoms with Gasteiger partial charge in [0.2, 0.25) is 0 Å². The Labute approximate surface area is 127 Å². The first kappa shape index (κ1) is 16.8. The van der Waals surface area contributed by atoms with E-state index in [0.29, 0.717) is 18.1 Å². The van der Waals surface area contributed by atoms with E-state index in [1.807, 2.05) is 19.1 Å². The maximum absolute atomic E-state index is 11.3. The van der Waals surface area contributed by atoms with Crippen molar-refractivity contribution in [2.45, 2.75) is 20.4 Å². The molecule has 0 aliphatic heterocycles. The average molecular weight is 346 g/mol. The predicted octanol–water partition coefficient (Wildman–Crippen LogP) is 2.51. The largest absolute Gasteiger partial charge is 0.493 e. The van der Waals surface area contributed by atoms with Crippen LogP contribution in [0, 0.1) is 0 Å². The lowest BCUT2D eigenvalue weighted by Gasteiger charge is -2.14. The van der Waals surface area contributed by atoms with Crippen LogP contribution in [0.5, 0.6) is 11.5 Å². The smallest absolute Gasteiger partial charge is 0.344 e. The van der Waals surface area contributed by atoms with E-state index in [4.69, 9.17) is 14.2 Å². The Morgan fingerprint density at radius 2 is 2.10 bits per heavy atom. The van der Waals surface area contributed by atoms with Gasteiger partial charge in [-0.2, -0.15) is 0 Å². The van der Waals surface area contributed by atoms with Gasteiger partial charge in [-0.25, -0.2) is 4.79 Å². The third kappa shape index (κ3) is 5.02. The van der Waals surface area contributed by atoms with Gasteiger partial charge in [0.25, 0.3) is 0 Å². The van der Waals surface area contributed by atoms with Crippen LogP contribution in [0.15, 0.2) is 16.6 Å². The van der Waals surface area contributed by atoms with Crippen molar-refractivity contribution in [3.8, 4) is 11.5 Å². The Balaban J connectivity index is 2.81. The molecule has 0 aliphatic rings. The summed E-state index contributed by atoms with van der Waals surface area (Å²) in [6.07, 6.45) is 0. The summed E-state index contributed by atoms with van der Waals surface area (Å²) in [5.74, 6) is 0.676. The van der Waals surface area contributed by atoms with E-state index in [0.717, 1.165) is 23.1 Å². The summed E-state index contributed by atoms with van der Waals surface area (Å²) in [5.41, 5.74) is 1.07. The van der Waals surface area contributed by atoms with Crippen LogP contribution in [0.25, 0.3) is 0 Å². The molecule has 1 rings (SSSR count). The zero-order valence-corrected chi connectivity index (χ0v) is 13.6. The molecule has 1 aromatic carbocycles. The van der Waals surface area contributed by atoms with Gasteiger partial charge in [-0.1, -0.05) is 6.92 Å². The van der Waals surface area contributed by atoms with Crippen molar-refractivity contribution in [2.24, 2.45) is 0 Å². The molecule has 0 spiro atoms. The number of rotatable bonds is 8. The van der Waals surface area contributed by atoms with Gasteiger partial charge in [-0.05, 0) is 47.1 Å². The molecule has 112 valence electrons. The Kier molecular flexibility index (Phi) is 7.40. The molecule has 20 heavy (non-hydrogen) atoms. The number of carbonyl (C=O) groups is 1. The van der Waals surface area contributed by atoms with E-state index in [1.165, 1.54) is 0 Å². The number of hydrogen-bond donors (Lipinski definition) is 1. The Hall–Kier alpha value is -1.27. The van der Waals surface area contributed by atoms with E-state index < -0.39 is 5.97 Å². The van der Waals surface area contributed by atoms with Gasteiger partial charge < -0.3 is 19.5 Å². The van der Waals surface area contributed by atoms with Crippen LogP contribution in [0.2, 0.25) is 0 Å². The first-order chi connectivity index (χ1) is 9.62. The van der Waals surface area contributed by atoms with Crippen LogP contribution in [0.4, 0.5) is 0 Å². The van der Waals surface area contributed by atoms with Crippen LogP contribution in [0.3, 0.4) is 0 Å². The first-order valence-electron chi connectivity index (χ1n) is 6.47. The minimum absolute atomic E-state index is 0.143. The number of benzene rings is 1. The SMILES string of the molecule is CCNCc1cc(Br)c(OCC(=O)OCC)c(OC)c1. The van der Waals surface area contributed by atoms with Crippen molar-refractivity contribution in [1.29, 1.82) is 0 Å². The molecule has 1 N–H and O–H groups in total. The lowest BCUT2D eigenvalue weighted by Crippen LogP contribution is -2.15. The molecule has 0 bridgehead atoms. The summed E-state index contributed by atoms with van der Waals surface area (Å²) in [6, 6.07) is 3.82. The number of halogens is 1. The molecule has 5 nitrogen and oxygen atoms in total. The average Bonchev–Trinajstić information content (AvgIpc) is 2.43. The summed E-state index contributed by atoms with van der Waals surface area (Å²) < 4.78 is 16.3. The topological polar surface area (TPSA) is 56.8 Å². The highest BCUT2D eigenvalue weighted by molar-refractivity contribution is 9.10. The zero-order chi connectivity index (χ0) is 15.0. The molecule has 0 atom stereocenters. The van der Waals surface area contributed by atoms with Crippen LogP contribution < -0.4 is 14.8 Å². The fraction of sp³-hybridized carbons (Fsp3) is 0.500. The molecule has 0 unspecified atom stereocenters. The van der Waals surface area contributed by atoms with Crippen LogP contribution in [-0.2, 0) is 16.1 Å². The number of hydrogen-bond acceptors (Lipinski definition) is 5. The first-order valence-corrected chi connectivity index (χ1v) is 7.27. The zero-order valence-electron chi connectivity index (χ0n) is 12.0. The normalized spacial score (nSPS) is 10.2. The quantitative estimate of drug-likeness (QED) is 0.733. The highest BCUT2D eigenvalue weighted by atomic mass is 79.9. The van der Waals surface area contributed by atoms with Crippen molar-refractivity contribution in [3.63, 3.8) is 0 Å². The number of esters is 1. The van der Waals surface area contributed by atoms with Gasteiger partial charge in [0.05, 0.1) is 18.2 Å². The van der Waals surface area contributed by atoms with Gasteiger partial charge in [0, 0.05) is 6.54 Å². The summed E-state index contributed by atoms with van der Waals surface area (Å²) in [4.78, 5) is 11.3. The van der Waals surface area contributed by atoms with Gasteiger partial charge in [0.15, 0.2) is 18.1 Å². The molecule has 0 aromatic heterocycles. The second-order valence-corrected chi connectivity index (χ2v) is 4.84. The van der Waals surface area contributed by atoms with Crippen LogP contribution in [-0.4, -0.2) is 32.8 Å². The standard InChI is InChI=1S/C14H20BrNO4/c1-4-16-8-10-6-11(15)14(12(7-10)18-3)20-9-13(17)19-5-2/h6-7,16H,4-5,8-9H2,1-3H3. The Morgan fingerprint density at radius 3 is 2.70 bits per heavy atom. The third-order valence-electron chi connectivity index (χ3n) is 2.51. The fourth-order valence-corrected chi connectivity index (χ4v) is 2.22. The van der Waals surface area contributed by atoms with Gasteiger partial charge in [-0.15, -0.1) is 0 Å². The number of carbonyl (C=O) groups excluding carboxylic acids is 1. The van der Waals surface area contributed by atoms with E-state index in [1.54, 1.807) is 14.0 Å². The summed E-state index contributed by atoms with van der Waals surface area (Å²) >= 11 is 3.43. The molecule has 0 aliphatic carbocycles. The predicted molar refractivity (Wildman–Crippen MR) is 80.2 cm³/mol. The fourth-order valence-electron chi connectivity index (χ4n) is 1.62. The molecule has 6 heteroatoms. The van der Waals surface area contributed by atoms with Gasteiger partial charge in [0.1, 0.15) is 0 Å². The molecule has 0 saturated carbocycles. The summed E-state index contributed by atoms with van der Waals surface area (Å²) in [6.45, 7) is 5.62. The maximum Gasteiger partial charge on any atom is 0.344 e. The second-order valence-electron chi connectivity index (χ2n) is 3.98. The lowest BCUT2D eigenvalue weighted by molar-refractivity contribution is -0.145. The maximum atomic E-state index is 11.3. The molecule has 0 radical (unpaired) electrons. The third-order valence-corrected chi connectivity index (χ3v) is 3.10. The van der Waals surface area contributed by atoms with E-state index >= 15 is 0 Å². The number of methoxy groups -OCH3 is 1. The van der Waals surface area contributed by atoms with Crippen molar-refractivity contribution < 1.29 is 19.0 Å². The van der Waals surface area contributed by atoms with Crippen LogP contribution in [0.1, 0.15) is 19.4 Å². The molecule has 0 amide bonds. The Morgan fingerprint density at radius 1 is 1.35 bits per heavy atom. The molecular formula is C14H20BrNO4. The molecule has 1 aromatic rings. The van der Waals surface area contributed by atoms with Crippen molar-refractivity contribution in [1.82, 2.24) is 5.32 Å². The van der Waals surface area contributed by atoms with E-state index in [-0.39, 0.29) is 6.61 Å². The van der Waals surface area contributed by atoms with Gasteiger partial charge in [-0.3, -0.25) is 0 Å². The van der Waals surface area contributed by atoms with Crippen molar-refractivity contribution in [3.05, 3.63) is 22.2 Å². The monoisotopic (exact) mass is 345 g/mol. The highest BCUT2D eigenvalue weighted by Gasteiger charge is 2.13. The highest BCUT2D eigenvalue weighted by Crippen LogP contribution is 2.36. The minimum Gasteiger partial charge on any atom is -0.493 e. The van der Waals surface area contributed by atoms with Gasteiger partial charge >= 0.3 is 5.97 Å². The number of ether oxygens (including phenoxy) is 3. The molecular weight excluding hydrogens is 326 g/mol. The van der Waals surface area contributed by atoms with E-state index in [9.17, 15) is 4.79 Å². The molecule has 0 heterocycles. The second kappa shape index (κ2) is 8.81. The molecule has 0 fully saturated rings. The summed E-state index contributed by atoms with van der Waals surface area (Å²) in [7, 11) is 1.57. The van der Waals surface area contributed by atoms with Crippen LogP contribution >= 0.6 is 15.9 Å². The minimum atomic E-state index is -0.404. The van der Waals surface area contributed by atoms with Crippen molar-refractivity contribution >= 4 is 21.9 Å². The molecule has 0 saturated heterocycles. The number of nitrogens with one attached hydrogen (secondary N) is 1. The van der Waals surface area contributed by atoms with Crippen molar-refractivity contribution in [2.75, 3.05) is 26.9 Å². The van der Waals surface area contributed by atoms with E-state index in [2.05, 4.69) is 21.2 Å².